The molecular formula is C23H38N4O2. The van der Waals surface area contributed by atoms with Crippen molar-refractivity contribution < 1.29 is 9.53 Å². The smallest absolute Gasteiger partial charge is 0.413 e. The van der Waals surface area contributed by atoms with E-state index in [1.807, 2.05) is 32.9 Å². The molecule has 1 aliphatic carbocycles. The molecule has 29 heavy (non-hydrogen) atoms. The number of amides is 1. The van der Waals surface area contributed by atoms with E-state index in [9.17, 15) is 4.79 Å². The quantitative estimate of drug-likeness (QED) is 0.704. The summed E-state index contributed by atoms with van der Waals surface area (Å²) < 4.78 is 5.36. The molecule has 0 spiro atoms. The Hall–Kier alpha value is -1.82. The average molecular weight is 403 g/mol. The lowest BCUT2D eigenvalue weighted by Crippen LogP contribution is -2.44. The zero-order chi connectivity index (χ0) is 20.7. The summed E-state index contributed by atoms with van der Waals surface area (Å²) in [5.41, 5.74) is 0.332. The maximum absolute atomic E-state index is 12.1. The fraction of sp³-hybridized carbons (Fsp3) is 0.739. The maximum Gasteiger partial charge on any atom is 0.413 e. The van der Waals surface area contributed by atoms with Gasteiger partial charge in [-0.2, -0.15) is 0 Å². The summed E-state index contributed by atoms with van der Waals surface area (Å²) >= 11 is 0. The molecule has 2 fully saturated rings. The van der Waals surface area contributed by atoms with Gasteiger partial charge in [0.1, 0.15) is 5.60 Å². The minimum atomic E-state index is -0.531. The van der Waals surface area contributed by atoms with Gasteiger partial charge in [-0.1, -0.05) is 32.1 Å². The number of likely N-dealkylation sites (tertiary alicyclic amines) is 1. The Kier molecular flexibility index (Phi) is 7.76. The van der Waals surface area contributed by atoms with Gasteiger partial charge < -0.3 is 15.0 Å². The van der Waals surface area contributed by atoms with Gasteiger partial charge in [-0.25, -0.2) is 9.78 Å². The van der Waals surface area contributed by atoms with Crippen LogP contribution in [0.4, 0.5) is 16.3 Å². The number of pyridine rings is 1. The summed E-state index contributed by atoms with van der Waals surface area (Å²) in [5, 5.41) is 6.39. The van der Waals surface area contributed by atoms with E-state index in [4.69, 9.17) is 4.74 Å². The van der Waals surface area contributed by atoms with Crippen molar-refractivity contribution in [1.29, 1.82) is 0 Å². The zero-order valence-electron chi connectivity index (χ0n) is 18.4. The molecule has 0 radical (unpaired) electrons. The number of carbonyl (C=O) groups excluding carboxylic acids is 1. The summed E-state index contributed by atoms with van der Waals surface area (Å²) in [6, 6.07) is 5.05. The van der Waals surface area contributed by atoms with Crippen molar-refractivity contribution in [3.63, 3.8) is 0 Å². The van der Waals surface area contributed by atoms with Crippen LogP contribution >= 0.6 is 0 Å². The van der Waals surface area contributed by atoms with Crippen LogP contribution in [0.1, 0.15) is 78.6 Å². The highest BCUT2D eigenvalue weighted by Gasteiger charge is 2.26. The molecule has 0 bridgehead atoms. The molecule has 1 amide bonds. The predicted molar refractivity (Wildman–Crippen MR) is 118 cm³/mol. The fourth-order valence-corrected chi connectivity index (χ4v) is 4.45. The Balaban J connectivity index is 1.52. The van der Waals surface area contributed by atoms with Crippen LogP contribution in [0.2, 0.25) is 0 Å². The molecule has 2 heterocycles. The monoisotopic (exact) mass is 402 g/mol. The van der Waals surface area contributed by atoms with E-state index in [0.717, 1.165) is 37.7 Å². The Morgan fingerprint density at radius 1 is 1.07 bits per heavy atom. The van der Waals surface area contributed by atoms with Gasteiger partial charge >= 0.3 is 6.09 Å². The average Bonchev–Trinajstić information content (AvgIpc) is 2.62. The lowest BCUT2D eigenvalue weighted by molar-refractivity contribution is 0.0635. The zero-order valence-corrected chi connectivity index (χ0v) is 18.4. The normalized spacial score (nSPS) is 20.5. The van der Waals surface area contributed by atoms with Crippen LogP contribution in [-0.4, -0.2) is 46.8 Å². The van der Waals surface area contributed by atoms with E-state index in [0.29, 0.717) is 11.9 Å². The fourth-order valence-electron chi connectivity index (χ4n) is 4.45. The number of hydrogen-bond donors (Lipinski definition) is 2. The number of aromatic nitrogens is 1. The number of ether oxygens (including phenoxy) is 1. The van der Waals surface area contributed by atoms with Crippen molar-refractivity contribution in [3.8, 4) is 0 Å². The van der Waals surface area contributed by atoms with E-state index in [-0.39, 0.29) is 0 Å². The number of piperidine rings is 1. The third-order valence-corrected chi connectivity index (χ3v) is 5.91. The van der Waals surface area contributed by atoms with E-state index >= 15 is 0 Å². The van der Waals surface area contributed by atoms with Crippen LogP contribution < -0.4 is 10.6 Å². The Morgan fingerprint density at radius 3 is 2.38 bits per heavy atom. The van der Waals surface area contributed by atoms with Crippen LogP contribution in [0.3, 0.4) is 0 Å². The lowest BCUT2D eigenvalue weighted by atomic mass is 9.93. The first kappa shape index (κ1) is 21.9. The molecule has 0 atom stereocenters. The topological polar surface area (TPSA) is 66.5 Å². The van der Waals surface area contributed by atoms with Crippen molar-refractivity contribution >= 4 is 17.6 Å². The number of carbonyl (C=O) groups is 1. The molecule has 2 N–H and O–H groups in total. The molecule has 3 rings (SSSR count). The Bertz CT molecular complexity index is 643. The summed E-state index contributed by atoms with van der Waals surface area (Å²) in [6.07, 6.45) is 13.2. The summed E-state index contributed by atoms with van der Waals surface area (Å²) in [7, 11) is 0. The molecule has 6 heteroatoms. The first-order valence-corrected chi connectivity index (χ1v) is 11.4. The number of anilines is 2. The molecule has 1 saturated carbocycles. The number of rotatable bonds is 4. The molecule has 1 saturated heterocycles. The molecule has 0 aromatic carbocycles. The second kappa shape index (κ2) is 10.3. The van der Waals surface area contributed by atoms with Crippen LogP contribution in [0.25, 0.3) is 0 Å². The molecular weight excluding hydrogens is 364 g/mol. The van der Waals surface area contributed by atoms with Crippen LogP contribution in [0, 0.1) is 0 Å². The standard InChI is InChI=1S/C23H38N4O2/c1-23(2,3)29-22(28)26-21-20(12-9-15-24-21)25-18-13-16-27(17-14-18)19-10-7-5-4-6-8-11-19/h9,12,15,18-19,25H,4-8,10-11,13-14,16-17H2,1-3H3,(H,24,26,28). The number of hydrogen-bond acceptors (Lipinski definition) is 5. The SMILES string of the molecule is CC(C)(C)OC(=O)Nc1ncccc1NC1CCN(C2CCCCCCC2)CC1. The molecule has 162 valence electrons. The summed E-state index contributed by atoms with van der Waals surface area (Å²) in [5.74, 6) is 0.532. The largest absolute Gasteiger partial charge is 0.444 e. The van der Waals surface area contributed by atoms with E-state index in [2.05, 4.69) is 20.5 Å². The van der Waals surface area contributed by atoms with Gasteiger partial charge in [-0.15, -0.1) is 0 Å². The highest BCUT2D eigenvalue weighted by atomic mass is 16.6. The predicted octanol–water partition coefficient (Wildman–Crippen LogP) is 5.42. The Labute approximate surface area is 175 Å². The van der Waals surface area contributed by atoms with E-state index in [1.165, 1.54) is 44.9 Å². The van der Waals surface area contributed by atoms with Crippen molar-refractivity contribution in [2.24, 2.45) is 0 Å². The van der Waals surface area contributed by atoms with Gasteiger partial charge in [0, 0.05) is 31.4 Å². The number of nitrogens with zero attached hydrogens (tertiary/aromatic N) is 2. The van der Waals surface area contributed by atoms with Crippen LogP contribution in [0.15, 0.2) is 18.3 Å². The van der Waals surface area contributed by atoms with Gasteiger partial charge in [-0.05, 0) is 58.6 Å². The third kappa shape index (κ3) is 7.18. The Morgan fingerprint density at radius 2 is 1.72 bits per heavy atom. The van der Waals surface area contributed by atoms with Crippen LogP contribution in [0.5, 0.6) is 0 Å². The van der Waals surface area contributed by atoms with Crippen molar-refractivity contribution in [1.82, 2.24) is 9.88 Å². The molecule has 0 unspecified atom stereocenters. The second-order valence-electron chi connectivity index (χ2n) is 9.48. The molecule has 1 aliphatic heterocycles. The van der Waals surface area contributed by atoms with Crippen molar-refractivity contribution in [2.75, 3.05) is 23.7 Å². The highest BCUT2D eigenvalue weighted by molar-refractivity contribution is 5.87. The number of nitrogens with one attached hydrogen (secondary N) is 2. The van der Waals surface area contributed by atoms with Gasteiger partial charge in [0.15, 0.2) is 5.82 Å². The van der Waals surface area contributed by atoms with E-state index < -0.39 is 11.7 Å². The van der Waals surface area contributed by atoms with Gasteiger partial charge in [0.2, 0.25) is 0 Å². The van der Waals surface area contributed by atoms with Crippen molar-refractivity contribution in [3.05, 3.63) is 18.3 Å². The van der Waals surface area contributed by atoms with Gasteiger partial charge in [-0.3, -0.25) is 5.32 Å². The first-order chi connectivity index (χ1) is 13.9. The minimum Gasteiger partial charge on any atom is -0.444 e. The van der Waals surface area contributed by atoms with Crippen LogP contribution in [-0.2, 0) is 4.74 Å². The minimum absolute atomic E-state index is 0.406. The maximum atomic E-state index is 12.1. The molecule has 2 aliphatic rings. The first-order valence-electron chi connectivity index (χ1n) is 11.4. The lowest BCUT2D eigenvalue weighted by Gasteiger charge is -2.39. The van der Waals surface area contributed by atoms with Gasteiger partial charge in [0.05, 0.1) is 5.69 Å². The summed E-state index contributed by atoms with van der Waals surface area (Å²) in [4.78, 5) is 19.2. The third-order valence-electron chi connectivity index (χ3n) is 5.91. The van der Waals surface area contributed by atoms with E-state index in [1.54, 1.807) is 6.20 Å². The summed E-state index contributed by atoms with van der Waals surface area (Å²) in [6.45, 7) is 7.87. The second-order valence-corrected chi connectivity index (χ2v) is 9.48. The molecule has 6 nitrogen and oxygen atoms in total. The highest BCUT2D eigenvalue weighted by Crippen LogP contribution is 2.27. The van der Waals surface area contributed by atoms with Crippen molar-refractivity contribution in [2.45, 2.75) is 96.2 Å². The van der Waals surface area contributed by atoms with Gasteiger partial charge in [0.25, 0.3) is 0 Å². The molecule has 1 aromatic heterocycles. The molecule has 1 aromatic rings.